The van der Waals surface area contributed by atoms with Gasteiger partial charge in [-0.3, -0.25) is 0 Å². The van der Waals surface area contributed by atoms with E-state index in [0.717, 1.165) is 28.5 Å². The van der Waals surface area contributed by atoms with Crippen molar-refractivity contribution in [3.63, 3.8) is 0 Å². The van der Waals surface area contributed by atoms with Crippen molar-refractivity contribution >= 4 is 17.2 Å². The number of fused-ring (bicyclic) bond motifs is 1. The second kappa shape index (κ2) is 4.37. The highest BCUT2D eigenvalue weighted by molar-refractivity contribution is 5.89. The molecule has 2 rings (SSSR count). The molecule has 84 valence electrons. The smallest absolute Gasteiger partial charge is 0.137 e. The monoisotopic (exact) mass is 218 g/mol. The van der Waals surface area contributed by atoms with Crippen molar-refractivity contribution < 1.29 is 9.53 Å². The van der Waals surface area contributed by atoms with Crippen LogP contribution in [0.2, 0.25) is 0 Å². The van der Waals surface area contributed by atoms with E-state index in [1.54, 1.807) is 7.11 Å². The molecule has 0 unspecified atom stereocenters. The molecule has 0 saturated heterocycles. The summed E-state index contributed by atoms with van der Waals surface area (Å²) < 4.78 is 5.29. The van der Waals surface area contributed by atoms with Crippen molar-refractivity contribution in [1.29, 1.82) is 0 Å². The molecule has 16 heavy (non-hydrogen) atoms. The molecule has 4 nitrogen and oxygen atoms in total. The number of hydrogen-bond donors (Lipinski definition) is 2. The first-order chi connectivity index (χ1) is 7.76. The maximum Gasteiger partial charge on any atom is 0.137 e. The van der Waals surface area contributed by atoms with Gasteiger partial charge in [-0.2, -0.15) is 0 Å². The van der Waals surface area contributed by atoms with Crippen LogP contribution in [0, 0.1) is 0 Å². The molecular formula is C12H14N2O2. The number of ether oxygens (including phenoxy) is 1. The number of nitrogens with one attached hydrogen (secondary N) is 1. The van der Waals surface area contributed by atoms with Crippen LogP contribution in [0.25, 0.3) is 10.9 Å². The lowest BCUT2D eigenvalue weighted by Crippen LogP contribution is -2.23. The molecule has 0 aliphatic rings. The van der Waals surface area contributed by atoms with E-state index >= 15 is 0 Å². The molecule has 0 amide bonds. The molecular weight excluding hydrogens is 204 g/mol. The van der Waals surface area contributed by atoms with E-state index in [4.69, 9.17) is 10.5 Å². The van der Waals surface area contributed by atoms with Crippen LogP contribution < -0.4 is 10.5 Å². The number of aromatic nitrogens is 1. The summed E-state index contributed by atoms with van der Waals surface area (Å²) >= 11 is 0. The van der Waals surface area contributed by atoms with Gasteiger partial charge in [0, 0.05) is 17.1 Å². The fourth-order valence-electron chi connectivity index (χ4n) is 1.85. The molecule has 4 heteroatoms. The van der Waals surface area contributed by atoms with Crippen molar-refractivity contribution in [2.24, 2.45) is 5.73 Å². The highest BCUT2D eigenvalue weighted by Gasteiger charge is 2.11. The van der Waals surface area contributed by atoms with E-state index in [2.05, 4.69) is 4.98 Å². The van der Waals surface area contributed by atoms with Crippen LogP contribution in [0.5, 0.6) is 5.75 Å². The Labute approximate surface area is 93.4 Å². The van der Waals surface area contributed by atoms with E-state index < -0.39 is 6.04 Å². The summed E-state index contributed by atoms with van der Waals surface area (Å²) in [6, 6.07) is 5.31. The topological polar surface area (TPSA) is 68.1 Å². The van der Waals surface area contributed by atoms with E-state index in [0.29, 0.717) is 6.42 Å². The third-order valence-corrected chi connectivity index (χ3v) is 2.60. The Kier molecular flexibility index (Phi) is 2.92. The zero-order valence-corrected chi connectivity index (χ0v) is 9.07. The van der Waals surface area contributed by atoms with Crippen LogP contribution in [-0.4, -0.2) is 24.4 Å². The number of nitrogens with two attached hydrogens (primary N) is 1. The highest BCUT2D eigenvalue weighted by Crippen LogP contribution is 2.28. The minimum absolute atomic E-state index is 0.469. The minimum atomic E-state index is -0.469. The number of carbonyl (C=O) groups excluding carboxylic acids is 1. The molecule has 3 N–H and O–H groups in total. The molecule has 1 heterocycles. The SMILES string of the molecule is COc1cccc2[nH]cc(C[C@H](N)C=O)c12. The maximum atomic E-state index is 10.6. The molecule has 0 saturated carbocycles. The largest absolute Gasteiger partial charge is 0.496 e. The van der Waals surface area contributed by atoms with E-state index in [1.807, 2.05) is 24.4 Å². The Morgan fingerprint density at radius 3 is 3.06 bits per heavy atom. The summed E-state index contributed by atoms with van der Waals surface area (Å²) in [7, 11) is 1.63. The Morgan fingerprint density at radius 2 is 2.38 bits per heavy atom. The molecule has 0 fully saturated rings. The average Bonchev–Trinajstić information content (AvgIpc) is 2.72. The predicted molar refractivity (Wildman–Crippen MR) is 62.6 cm³/mol. The van der Waals surface area contributed by atoms with Crippen molar-refractivity contribution in [2.45, 2.75) is 12.5 Å². The second-order valence-corrected chi connectivity index (χ2v) is 3.70. The van der Waals surface area contributed by atoms with Gasteiger partial charge in [-0.15, -0.1) is 0 Å². The summed E-state index contributed by atoms with van der Waals surface area (Å²) in [6.07, 6.45) is 3.15. The molecule has 1 aromatic carbocycles. The summed E-state index contributed by atoms with van der Waals surface area (Å²) in [5.41, 5.74) is 7.62. The van der Waals surface area contributed by atoms with Gasteiger partial charge in [-0.25, -0.2) is 0 Å². The van der Waals surface area contributed by atoms with Crippen LogP contribution >= 0.6 is 0 Å². The minimum Gasteiger partial charge on any atom is -0.496 e. The second-order valence-electron chi connectivity index (χ2n) is 3.70. The molecule has 0 bridgehead atoms. The van der Waals surface area contributed by atoms with Crippen LogP contribution in [0.1, 0.15) is 5.56 Å². The number of benzene rings is 1. The number of aldehydes is 1. The Morgan fingerprint density at radius 1 is 1.56 bits per heavy atom. The molecule has 0 aliphatic heterocycles. The van der Waals surface area contributed by atoms with E-state index in [-0.39, 0.29) is 0 Å². The first-order valence-corrected chi connectivity index (χ1v) is 5.10. The fourth-order valence-corrected chi connectivity index (χ4v) is 1.85. The van der Waals surface area contributed by atoms with Crippen molar-refractivity contribution in [3.8, 4) is 5.75 Å². The van der Waals surface area contributed by atoms with Gasteiger partial charge in [0.1, 0.15) is 12.0 Å². The van der Waals surface area contributed by atoms with Gasteiger partial charge in [-0.1, -0.05) is 6.07 Å². The van der Waals surface area contributed by atoms with Gasteiger partial charge >= 0.3 is 0 Å². The normalized spacial score (nSPS) is 12.6. The molecule has 1 atom stereocenters. The number of carbonyl (C=O) groups is 1. The first-order valence-electron chi connectivity index (χ1n) is 5.10. The summed E-state index contributed by atoms with van der Waals surface area (Å²) in [4.78, 5) is 13.7. The molecule has 1 aromatic heterocycles. The average molecular weight is 218 g/mol. The van der Waals surface area contributed by atoms with Gasteiger partial charge in [0.25, 0.3) is 0 Å². The number of rotatable bonds is 4. The number of H-pyrrole nitrogens is 1. The Bertz CT molecular complexity index is 505. The molecule has 0 aliphatic carbocycles. The highest BCUT2D eigenvalue weighted by atomic mass is 16.5. The van der Waals surface area contributed by atoms with Gasteiger partial charge < -0.3 is 20.2 Å². The predicted octanol–water partition coefficient (Wildman–Crippen LogP) is 1.25. The van der Waals surface area contributed by atoms with Crippen molar-refractivity contribution in [2.75, 3.05) is 7.11 Å². The van der Waals surface area contributed by atoms with E-state index in [1.165, 1.54) is 0 Å². The number of aromatic amines is 1. The first kappa shape index (κ1) is 10.7. The zero-order chi connectivity index (χ0) is 11.5. The van der Waals surface area contributed by atoms with Gasteiger partial charge in [0.2, 0.25) is 0 Å². The fraction of sp³-hybridized carbons (Fsp3) is 0.250. The van der Waals surface area contributed by atoms with Gasteiger partial charge in [0.05, 0.1) is 13.2 Å². The lowest BCUT2D eigenvalue weighted by atomic mass is 10.1. The third kappa shape index (κ3) is 1.79. The molecule has 2 aromatic rings. The number of methoxy groups -OCH3 is 1. The maximum absolute atomic E-state index is 10.6. The quantitative estimate of drug-likeness (QED) is 0.759. The van der Waals surface area contributed by atoms with Crippen LogP contribution in [0.15, 0.2) is 24.4 Å². The summed E-state index contributed by atoms with van der Waals surface area (Å²) in [5.74, 6) is 0.798. The van der Waals surface area contributed by atoms with Gasteiger partial charge in [0.15, 0.2) is 0 Å². The van der Waals surface area contributed by atoms with Crippen molar-refractivity contribution in [1.82, 2.24) is 4.98 Å². The Balaban J connectivity index is 2.49. The van der Waals surface area contributed by atoms with E-state index in [9.17, 15) is 4.79 Å². The van der Waals surface area contributed by atoms with Crippen LogP contribution in [0.4, 0.5) is 0 Å². The number of hydrogen-bond acceptors (Lipinski definition) is 3. The Hall–Kier alpha value is -1.81. The zero-order valence-electron chi connectivity index (χ0n) is 9.07. The van der Waals surface area contributed by atoms with Crippen LogP contribution in [0.3, 0.4) is 0 Å². The van der Waals surface area contributed by atoms with Gasteiger partial charge in [-0.05, 0) is 24.1 Å². The van der Waals surface area contributed by atoms with Crippen molar-refractivity contribution in [3.05, 3.63) is 30.0 Å². The standard InChI is InChI=1S/C12H14N2O2/c1-16-11-4-2-3-10-12(11)8(6-14-10)5-9(13)7-15/h2-4,6-7,9,14H,5,13H2,1H3/t9-/m0/s1. The van der Waals surface area contributed by atoms with Crippen LogP contribution in [-0.2, 0) is 11.2 Å². The summed E-state index contributed by atoms with van der Waals surface area (Å²) in [6.45, 7) is 0. The molecule has 0 radical (unpaired) electrons. The summed E-state index contributed by atoms with van der Waals surface area (Å²) in [5, 5.41) is 1.00. The lowest BCUT2D eigenvalue weighted by molar-refractivity contribution is -0.108. The third-order valence-electron chi connectivity index (χ3n) is 2.60. The lowest BCUT2D eigenvalue weighted by Gasteiger charge is -2.06. The molecule has 0 spiro atoms.